The van der Waals surface area contributed by atoms with Gasteiger partial charge in [0.25, 0.3) is 5.91 Å². The first-order valence-electron chi connectivity index (χ1n) is 14.5. The maximum atomic E-state index is 13.9. The van der Waals surface area contributed by atoms with Gasteiger partial charge in [-0.1, -0.05) is 38.2 Å². The van der Waals surface area contributed by atoms with E-state index in [2.05, 4.69) is 10.4 Å². The standard InChI is InChI=1S/C32H46N4O9/c1-17-13-21-27(38)25(22(16-34-36(5)6)28(39)30(21)44-9)35-31(40)18(2)11-10-12-23(42-7)29(45-32(33)41)20(4)15-19(3)26(37)24(14-17)43-8/h10-12,15-17,19,23-24,26,29,37H,13-14H2,1-9H3,(H2,33,41)(H,35,40)/b12-10-,18-11+,20-15+,34-16+. The van der Waals surface area contributed by atoms with Crippen molar-refractivity contribution in [2.24, 2.45) is 22.7 Å². The van der Waals surface area contributed by atoms with Gasteiger partial charge in [0.05, 0.1) is 31.1 Å². The summed E-state index contributed by atoms with van der Waals surface area (Å²) in [4.78, 5) is 52.6. The molecule has 2 amide bonds. The van der Waals surface area contributed by atoms with Gasteiger partial charge in [-0.2, -0.15) is 5.10 Å². The van der Waals surface area contributed by atoms with Crippen molar-refractivity contribution >= 4 is 29.8 Å². The number of amides is 2. The van der Waals surface area contributed by atoms with Gasteiger partial charge >= 0.3 is 6.09 Å². The number of ether oxygens (including phenoxy) is 4. The monoisotopic (exact) mass is 630 g/mol. The molecule has 2 rings (SSSR count). The van der Waals surface area contributed by atoms with Crippen molar-refractivity contribution in [2.45, 2.75) is 65.0 Å². The molecule has 13 nitrogen and oxygen atoms in total. The number of hydrogen-bond donors (Lipinski definition) is 3. The van der Waals surface area contributed by atoms with E-state index < -0.39 is 53.9 Å². The van der Waals surface area contributed by atoms with Gasteiger partial charge in [0.15, 0.2) is 11.9 Å². The number of ketones is 2. The van der Waals surface area contributed by atoms with Gasteiger partial charge in [0.1, 0.15) is 11.8 Å². The third-order valence-corrected chi connectivity index (χ3v) is 7.56. The number of aliphatic hydroxyl groups is 1. The van der Waals surface area contributed by atoms with Crippen LogP contribution in [0.5, 0.6) is 0 Å². The van der Waals surface area contributed by atoms with E-state index in [-0.39, 0.29) is 40.5 Å². The van der Waals surface area contributed by atoms with Crippen LogP contribution < -0.4 is 11.1 Å². The summed E-state index contributed by atoms with van der Waals surface area (Å²) in [7, 11) is 7.49. The molecule has 0 aromatic carbocycles. The van der Waals surface area contributed by atoms with Crippen molar-refractivity contribution < 1.29 is 43.2 Å². The van der Waals surface area contributed by atoms with Crippen molar-refractivity contribution in [1.82, 2.24) is 10.3 Å². The molecule has 0 spiro atoms. The van der Waals surface area contributed by atoms with Crippen LogP contribution in [0.2, 0.25) is 0 Å². The molecule has 0 saturated carbocycles. The summed E-state index contributed by atoms with van der Waals surface area (Å²) in [5, 5.41) is 19.4. The fourth-order valence-corrected chi connectivity index (χ4v) is 5.17. The maximum absolute atomic E-state index is 13.9. The lowest BCUT2D eigenvalue weighted by Crippen LogP contribution is -2.38. The van der Waals surface area contributed by atoms with E-state index in [1.54, 1.807) is 40.1 Å². The smallest absolute Gasteiger partial charge is 0.405 e. The summed E-state index contributed by atoms with van der Waals surface area (Å²) < 4.78 is 22.0. The van der Waals surface area contributed by atoms with Crippen LogP contribution >= 0.6 is 0 Å². The van der Waals surface area contributed by atoms with Crippen LogP contribution in [-0.4, -0.2) is 99.7 Å². The Morgan fingerprint density at radius 1 is 1.11 bits per heavy atom. The Labute approximate surface area is 264 Å². The fourth-order valence-electron chi connectivity index (χ4n) is 5.17. The predicted molar refractivity (Wildman–Crippen MR) is 168 cm³/mol. The molecule has 0 aromatic rings. The number of hydrazone groups is 1. The number of carbonyl (C=O) groups is 4. The van der Waals surface area contributed by atoms with Crippen molar-refractivity contribution in [3.8, 4) is 0 Å². The number of fused-ring (bicyclic) bond motifs is 2. The van der Waals surface area contributed by atoms with Gasteiger partial charge in [-0.25, -0.2) is 4.79 Å². The second-order valence-electron chi connectivity index (χ2n) is 11.4. The molecule has 2 aliphatic rings. The molecule has 248 valence electrons. The number of hydrogen-bond acceptors (Lipinski definition) is 11. The van der Waals surface area contributed by atoms with Crippen LogP contribution in [0.4, 0.5) is 4.79 Å². The zero-order valence-corrected chi connectivity index (χ0v) is 27.5. The third-order valence-electron chi connectivity index (χ3n) is 7.56. The maximum Gasteiger partial charge on any atom is 0.405 e. The largest absolute Gasteiger partial charge is 0.492 e. The Kier molecular flexibility index (Phi) is 13.9. The number of primary amides is 1. The van der Waals surface area contributed by atoms with Crippen molar-refractivity contribution in [3.63, 3.8) is 0 Å². The lowest BCUT2D eigenvalue weighted by Gasteiger charge is -2.30. The van der Waals surface area contributed by atoms with E-state index in [1.807, 2.05) is 6.92 Å². The van der Waals surface area contributed by atoms with Gasteiger partial charge < -0.3 is 40.1 Å². The molecule has 0 aromatic heterocycles. The topological polar surface area (TPSA) is 179 Å². The second-order valence-corrected chi connectivity index (χ2v) is 11.4. The number of allylic oxidation sites excluding steroid dienone is 4. The number of carbonyl (C=O) groups excluding carboxylic acids is 4. The summed E-state index contributed by atoms with van der Waals surface area (Å²) >= 11 is 0. The van der Waals surface area contributed by atoms with Crippen LogP contribution in [0, 0.1) is 11.8 Å². The number of methoxy groups -OCH3 is 3. The Balaban J connectivity index is 2.75. The van der Waals surface area contributed by atoms with Crippen LogP contribution in [0.1, 0.15) is 40.5 Å². The molecule has 1 aliphatic heterocycles. The molecule has 0 fully saturated rings. The fraction of sp³-hybridized carbons (Fsp3) is 0.531. The van der Waals surface area contributed by atoms with E-state index in [9.17, 15) is 24.3 Å². The molecular formula is C32H46N4O9. The normalized spacial score (nSPS) is 30.8. The Morgan fingerprint density at radius 3 is 2.33 bits per heavy atom. The van der Waals surface area contributed by atoms with Gasteiger partial charge in [-0.15, -0.1) is 0 Å². The summed E-state index contributed by atoms with van der Waals surface area (Å²) in [6, 6.07) is 0. The molecule has 4 N–H and O–H groups in total. The molecule has 6 atom stereocenters. The van der Waals surface area contributed by atoms with E-state index >= 15 is 0 Å². The highest BCUT2D eigenvalue weighted by Crippen LogP contribution is 2.31. The zero-order valence-electron chi connectivity index (χ0n) is 27.5. The number of rotatable bonds is 6. The van der Waals surface area contributed by atoms with Crippen LogP contribution in [0.25, 0.3) is 0 Å². The van der Waals surface area contributed by atoms with E-state index in [0.29, 0.717) is 12.0 Å². The number of Topliss-reactive ketones (excluding diaryl/α,β-unsaturated/α-hetero) is 2. The SMILES string of the molecule is COC1=C2CC(C)CC(OC)C(O)C(C)/C=C(\C)C(OC(N)=O)C(OC)/C=C\C=C(/C)C(=O)NC(=C(/C=N/N(C)C)C1=O)C2=O. The Bertz CT molecular complexity index is 1330. The minimum atomic E-state index is -1.01. The first-order chi connectivity index (χ1) is 21.2. The van der Waals surface area contributed by atoms with E-state index in [0.717, 1.165) is 0 Å². The van der Waals surface area contributed by atoms with Gasteiger partial charge in [0.2, 0.25) is 11.6 Å². The lowest BCUT2D eigenvalue weighted by molar-refractivity contribution is -0.121. The van der Waals surface area contributed by atoms with Crippen LogP contribution in [0.3, 0.4) is 0 Å². The van der Waals surface area contributed by atoms with Crippen molar-refractivity contribution in [3.05, 3.63) is 58.1 Å². The molecule has 0 radical (unpaired) electrons. The van der Waals surface area contributed by atoms with Crippen molar-refractivity contribution in [2.75, 3.05) is 35.4 Å². The van der Waals surface area contributed by atoms with Gasteiger partial charge in [0, 0.05) is 45.4 Å². The summed E-state index contributed by atoms with van der Waals surface area (Å²) in [5.74, 6) is -2.70. The zero-order chi connectivity index (χ0) is 34.0. The highest BCUT2D eigenvalue weighted by atomic mass is 16.6. The first kappa shape index (κ1) is 37.1. The van der Waals surface area contributed by atoms with Crippen LogP contribution in [0.15, 0.2) is 63.2 Å². The highest BCUT2D eigenvalue weighted by molar-refractivity contribution is 6.32. The molecule has 1 heterocycles. The molecule has 6 unspecified atom stereocenters. The highest BCUT2D eigenvalue weighted by Gasteiger charge is 2.37. The molecular weight excluding hydrogens is 584 g/mol. The molecule has 0 saturated heterocycles. The van der Waals surface area contributed by atoms with E-state index in [1.165, 1.54) is 51.6 Å². The molecule has 13 heteroatoms. The average Bonchev–Trinajstić information content (AvgIpc) is 2.98. The lowest BCUT2D eigenvalue weighted by atomic mass is 9.84. The molecule has 45 heavy (non-hydrogen) atoms. The number of aliphatic hydroxyl groups excluding tert-OH is 1. The van der Waals surface area contributed by atoms with Gasteiger partial charge in [-0.05, 0) is 38.2 Å². The number of nitrogens with zero attached hydrogens (tertiary/aromatic N) is 2. The average molecular weight is 631 g/mol. The predicted octanol–water partition coefficient (Wildman–Crippen LogP) is 2.33. The number of nitrogens with one attached hydrogen (secondary N) is 1. The van der Waals surface area contributed by atoms with Crippen molar-refractivity contribution in [1.29, 1.82) is 0 Å². The third kappa shape index (κ3) is 9.71. The van der Waals surface area contributed by atoms with Gasteiger partial charge in [-0.3, -0.25) is 14.4 Å². The van der Waals surface area contributed by atoms with Crippen LogP contribution in [-0.2, 0) is 33.3 Å². The molecule has 1 aliphatic carbocycles. The summed E-state index contributed by atoms with van der Waals surface area (Å²) in [6.45, 7) is 6.90. The Morgan fingerprint density at radius 2 is 1.78 bits per heavy atom. The number of nitrogens with two attached hydrogens (primary N) is 1. The Hall–Kier alpha value is -4.07. The van der Waals surface area contributed by atoms with E-state index in [4.69, 9.17) is 24.7 Å². The quantitative estimate of drug-likeness (QED) is 0.171. The summed E-state index contributed by atoms with van der Waals surface area (Å²) in [6.07, 6.45) is 3.55. The first-order valence-corrected chi connectivity index (χ1v) is 14.5. The minimum Gasteiger partial charge on any atom is -0.492 e. The minimum absolute atomic E-state index is 0.0919. The second kappa shape index (κ2) is 16.8. The molecule has 2 bridgehead atoms. The summed E-state index contributed by atoms with van der Waals surface area (Å²) in [5.41, 5.74) is 5.87.